The zero-order valence-corrected chi connectivity index (χ0v) is 20.2. The molecular formula is C29H32NSi+. The molecule has 5 rings (SSSR count). The topological polar surface area (TPSA) is 3.88 Å². The quantitative estimate of drug-likeness (QED) is 0.252. The average molecular weight is 423 g/mol. The molecule has 1 heterocycles. The summed E-state index contributed by atoms with van der Waals surface area (Å²) in [7, 11) is 0.781. The van der Waals surface area contributed by atoms with Gasteiger partial charge >= 0.3 is 0 Å². The molecule has 1 aliphatic rings. The number of hydrogen-bond donors (Lipinski definition) is 0. The molecule has 0 N–H and O–H groups in total. The second-order valence-electron chi connectivity index (χ2n) is 9.82. The Balaban J connectivity index is 1.60. The third-order valence-electron chi connectivity index (χ3n) is 7.60. The van der Waals surface area contributed by atoms with Gasteiger partial charge in [0.15, 0.2) is 6.20 Å². The summed E-state index contributed by atoms with van der Waals surface area (Å²) in [6, 6.07) is 27.1. The van der Waals surface area contributed by atoms with Gasteiger partial charge in [0, 0.05) is 11.6 Å². The molecule has 1 nitrogen and oxygen atoms in total. The molecule has 0 amide bonds. The van der Waals surface area contributed by atoms with E-state index in [2.05, 4.69) is 111 Å². The van der Waals surface area contributed by atoms with Gasteiger partial charge in [-0.1, -0.05) is 92.1 Å². The minimum atomic E-state index is -1.39. The molecule has 0 saturated heterocycles. The van der Waals surface area contributed by atoms with Crippen molar-refractivity contribution >= 4 is 24.0 Å². The SMILES string of the molecule is Cc1cc(-c2ccccc2)ccc1-c1c2ccc([Si](C)(C)C3CCC3)cc2cc[n+]1C. The lowest BCUT2D eigenvalue weighted by Gasteiger charge is -2.39. The van der Waals surface area contributed by atoms with E-state index in [1.54, 1.807) is 5.19 Å². The molecule has 1 fully saturated rings. The molecule has 1 aromatic heterocycles. The molecule has 4 aromatic rings. The second-order valence-corrected chi connectivity index (χ2v) is 14.7. The van der Waals surface area contributed by atoms with Crippen molar-refractivity contribution in [3.05, 3.63) is 84.6 Å². The zero-order valence-electron chi connectivity index (χ0n) is 19.2. The molecule has 0 radical (unpaired) electrons. The van der Waals surface area contributed by atoms with Crippen molar-refractivity contribution in [3.8, 4) is 22.4 Å². The van der Waals surface area contributed by atoms with Gasteiger partial charge in [0.05, 0.1) is 13.5 Å². The van der Waals surface area contributed by atoms with Crippen LogP contribution in [-0.4, -0.2) is 8.07 Å². The molecule has 31 heavy (non-hydrogen) atoms. The van der Waals surface area contributed by atoms with Gasteiger partial charge in [-0.15, -0.1) is 0 Å². The van der Waals surface area contributed by atoms with Crippen LogP contribution in [0.15, 0.2) is 79.0 Å². The lowest BCUT2D eigenvalue weighted by atomic mass is 9.95. The van der Waals surface area contributed by atoms with E-state index in [9.17, 15) is 0 Å². The van der Waals surface area contributed by atoms with Crippen LogP contribution >= 0.6 is 0 Å². The van der Waals surface area contributed by atoms with E-state index in [1.165, 1.54) is 58.0 Å². The minimum Gasteiger partial charge on any atom is -0.200 e. The summed E-state index contributed by atoms with van der Waals surface area (Å²) in [6.07, 6.45) is 6.51. The van der Waals surface area contributed by atoms with E-state index in [4.69, 9.17) is 0 Å². The predicted octanol–water partition coefficient (Wildman–Crippen LogP) is 6.78. The summed E-state index contributed by atoms with van der Waals surface area (Å²) in [5, 5.41) is 4.33. The highest BCUT2D eigenvalue weighted by molar-refractivity contribution is 6.91. The van der Waals surface area contributed by atoms with Crippen molar-refractivity contribution in [3.63, 3.8) is 0 Å². The van der Waals surface area contributed by atoms with Crippen molar-refractivity contribution in [2.75, 3.05) is 0 Å². The third kappa shape index (κ3) is 3.53. The maximum atomic E-state index is 2.56. The number of nitrogens with zero attached hydrogens (tertiary/aromatic N) is 1. The van der Waals surface area contributed by atoms with Crippen LogP contribution in [0.1, 0.15) is 24.8 Å². The molecular weight excluding hydrogens is 390 g/mol. The first-order valence-electron chi connectivity index (χ1n) is 11.5. The highest BCUT2D eigenvalue weighted by atomic mass is 28.3. The summed E-state index contributed by atoms with van der Waals surface area (Å²) in [5.74, 6) is 0. The Hall–Kier alpha value is -2.71. The Morgan fingerprint density at radius 2 is 1.61 bits per heavy atom. The highest BCUT2D eigenvalue weighted by Gasteiger charge is 2.37. The lowest BCUT2D eigenvalue weighted by molar-refractivity contribution is -0.659. The maximum Gasteiger partial charge on any atom is 0.220 e. The third-order valence-corrected chi connectivity index (χ3v) is 12.0. The molecule has 1 saturated carbocycles. The summed E-state index contributed by atoms with van der Waals surface area (Å²) >= 11 is 0. The standard InChI is InChI=1S/C29H32NSi/c1-21-19-23(22-9-6-5-7-10-22)13-15-27(21)29-28-16-14-26(20-24(28)17-18-30(29)2)31(3,4)25-11-8-12-25/h5-7,9-10,13-20,25H,8,11-12H2,1-4H3/q+1. The van der Waals surface area contributed by atoms with Gasteiger partial charge in [0.2, 0.25) is 5.69 Å². The first-order chi connectivity index (χ1) is 14.9. The van der Waals surface area contributed by atoms with Crippen molar-refractivity contribution in [1.29, 1.82) is 0 Å². The Morgan fingerprint density at radius 3 is 2.29 bits per heavy atom. The zero-order chi connectivity index (χ0) is 21.6. The first-order valence-corrected chi connectivity index (χ1v) is 14.6. The second kappa shape index (κ2) is 7.76. The van der Waals surface area contributed by atoms with E-state index in [0.29, 0.717) is 0 Å². The van der Waals surface area contributed by atoms with E-state index in [0.717, 1.165) is 5.54 Å². The van der Waals surface area contributed by atoms with E-state index in [1.807, 2.05) is 0 Å². The van der Waals surface area contributed by atoms with Gasteiger partial charge in [0.1, 0.15) is 7.05 Å². The van der Waals surface area contributed by atoms with Crippen LogP contribution in [0.4, 0.5) is 0 Å². The van der Waals surface area contributed by atoms with E-state index >= 15 is 0 Å². The van der Waals surface area contributed by atoms with Crippen LogP contribution in [-0.2, 0) is 7.05 Å². The van der Waals surface area contributed by atoms with Crippen LogP contribution < -0.4 is 9.75 Å². The van der Waals surface area contributed by atoms with Gasteiger partial charge in [0.25, 0.3) is 0 Å². The number of hydrogen-bond acceptors (Lipinski definition) is 0. The lowest BCUT2D eigenvalue weighted by Crippen LogP contribution is -2.48. The van der Waals surface area contributed by atoms with Crippen LogP contribution in [0.5, 0.6) is 0 Å². The number of aromatic nitrogens is 1. The van der Waals surface area contributed by atoms with Crippen molar-refractivity contribution < 1.29 is 4.57 Å². The van der Waals surface area contributed by atoms with E-state index in [-0.39, 0.29) is 0 Å². The molecule has 0 atom stereocenters. The van der Waals surface area contributed by atoms with Crippen LogP contribution in [0, 0.1) is 6.92 Å². The number of fused-ring (bicyclic) bond motifs is 1. The van der Waals surface area contributed by atoms with Crippen LogP contribution in [0.2, 0.25) is 18.6 Å². The Kier molecular flexibility index (Phi) is 5.06. The number of benzene rings is 3. The molecule has 0 aliphatic heterocycles. The van der Waals surface area contributed by atoms with Crippen molar-refractivity contribution in [1.82, 2.24) is 0 Å². The van der Waals surface area contributed by atoms with Gasteiger partial charge in [-0.05, 0) is 46.7 Å². The molecule has 2 heteroatoms. The summed E-state index contributed by atoms with van der Waals surface area (Å²) < 4.78 is 2.28. The minimum absolute atomic E-state index is 0.956. The first kappa shape index (κ1) is 20.2. The highest BCUT2D eigenvalue weighted by Crippen LogP contribution is 2.41. The van der Waals surface area contributed by atoms with Gasteiger partial charge in [-0.25, -0.2) is 4.57 Å². The van der Waals surface area contributed by atoms with Crippen molar-refractivity contribution in [2.24, 2.45) is 7.05 Å². The largest absolute Gasteiger partial charge is 0.220 e. The van der Waals surface area contributed by atoms with E-state index < -0.39 is 8.07 Å². The number of aryl methyl sites for hydroxylation is 2. The Bertz CT molecular complexity index is 1250. The number of rotatable bonds is 4. The fourth-order valence-electron chi connectivity index (χ4n) is 5.21. The fourth-order valence-corrected chi connectivity index (χ4v) is 8.58. The summed E-state index contributed by atoms with van der Waals surface area (Å²) in [6.45, 7) is 7.37. The number of pyridine rings is 1. The molecule has 1 aliphatic carbocycles. The normalized spacial score (nSPS) is 14.6. The molecule has 0 unspecified atom stereocenters. The predicted molar refractivity (Wildman–Crippen MR) is 135 cm³/mol. The molecule has 156 valence electrons. The monoisotopic (exact) mass is 422 g/mol. The van der Waals surface area contributed by atoms with Gasteiger partial charge in [-0.2, -0.15) is 0 Å². The van der Waals surface area contributed by atoms with Gasteiger partial charge < -0.3 is 0 Å². The van der Waals surface area contributed by atoms with Crippen LogP contribution in [0.3, 0.4) is 0 Å². The van der Waals surface area contributed by atoms with Crippen molar-refractivity contribution in [2.45, 2.75) is 44.8 Å². The van der Waals surface area contributed by atoms with Gasteiger partial charge in [-0.3, -0.25) is 0 Å². The molecule has 3 aromatic carbocycles. The average Bonchev–Trinajstić information content (AvgIpc) is 2.73. The Morgan fingerprint density at radius 1 is 0.839 bits per heavy atom. The summed E-state index contributed by atoms with van der Waals surface area (Å²) in [5.41, 5.74) is 7.45. The Labute approximate surface area is 187 Å². The molecule has 0 bridgehead atoms. The maximum absolute atomic E-state index is 2.56. The smallest absolute Gasteiger partial charge is 0.200 e. The fraction of sp³-hybridized carbons (Fsp3) is 0.276. The van der Waals surface area contributed by atoms with Crippen LogP contribution in [0.25, 0.3) is 33.2 Å². The molecule has 0 spiro atoms. The summed E-state index contributed by atoms with van der Waals surface area (Å²) in [4.78, 5) is 0.